The molecule has 0 radical (unpaired) electrons. The first-order chi connectivity index (χ1) is 28.8. The molecule has 0 saturated carbocycles. The van der Waals surface area contributed by atoms with Crippen LogP contribution in [0, 0.1) is 0 Å². The smallest absolute Gasteiger partial charge is 0.00134 e. The van der Waals surface area contributed by atoms with Crippen molar-refractivity contribution in [2.45, 2.75) is 0 Å². The Morgan fingerprint density at radius 2 is 0.603 bits per heavy atom. The van der Waals surface area contributed by atoms with E-state index < -0.39 is 0 Å². The van der Waals surface area contributed by atoms with E-state index in [4.69, 9.17) is 0 Å². The summed E-state index contributed by atoms with van der Waals surface area (Å²) in [6, 6.07) is 73.0. The summed E-state index contributed by atoms with van der Waals surface area (Å²) in [6.45, 7) is 0. The van der Waals surface area contributed by atoms with E-state index in [1.165, 1.54) is 143 Å². The predicted molar refractivity (Wildman–Crippen MR) is 248 cm³/mol. The van der Waals surface area contributed by atoms with E-state index in [9.17, 15) is 0 Å². The van der Waals surface area contributed by atoms with Gasteiger partial charge in [0.15, 0.2) is 0 Å². The zero-order valence-electron chi connectivity index (χ0n) is 31.5. The van der Waals surface area contributed by atoms with Crippen molar-refractivity contribution < 1.29 is 0 Å². The van der Waals surface area contributed by atoms with Crippen LogP contribution in [-0.2, 0) is 0 Å². The average Bonchev–Trinajstić information content (AvgIpc) is 3.79. The van der Waals surface area contributed by atoms with Crippen molar-refractivity contribution in [2.75, 3.05) is 0 Å². The van der Waals surface area contributed by atoms with E-state index in [-0.39, 0.29) is 0 Å². The molecule has 12 aromatic rings. The maximum absolute atomic E-state index is 2.44. The molecule has 0 heterocycles. The molecule has 0 heteroatoms. The van der Waals surface area contributed by atoms with E-state index in [0.717, 1.165) is 0 Å². The molecule has 0 aliphatic heterocycles. The first kappa shape index (κ1) is 30.7. The van der Waals surface area contributed by atoms with E-state index in [2.05, 4.69) is 194 Å². The molecule has 0 saturated heterocycles. The minimum atomic E-state index is 1.24. The monoisotopic (exact) mass is 728 g/mol. The lowest BCUT2D eigenvalue weighted by atomic mass is 9.84. The van der Waals surface area contributed by atoms with Crippen LogP contribution in [0.15, 0.2) is 194 Å². The lowest BCUT2D eigenvalue weighted by Gasteiger charge is -2.18. The van der Waals surface area contributed by atoms with Crippen LogP contribution in [-0.4, -0.2) is 0 Å². The van der Waals surface area contributed by atoms with Gasteiger partial charge in [0.05, 0.1) is 0 Å². The quantitative estimate of drug-likeness (QED) is 0.126. The maximum Gasteiger partial charge on any atom is -0.00134 e. The number of benzene rings is 12. The molecule has 0 unspecified atom stereocenters. The van der Waals surface area contributed by atoms with Crippen LogP contribution in [0.4, 0.5) is 0 Å². The normalized spacial score (nSPS) is 12.5. The standard InChI is InChI=1S/C58H32/c1-3-13-33(14-4-1)37-19-11-12-22-40(37)52-39-21-10-8-18-36(39)32-50-46-26-24-42-43-27-29-47-55-45(25-23-41(53(43)55)44-28-30-48(58(50)52)56(46)54(42)44)49-31-35-17-7-9-20-38(35)51(57(47)49)34-15-5-2-6-16-34/h1-32H. The van der Waals surface area contributed by atoms with Crippen molar-refractivity contribution in [3.63, 3.8) is 0 Å². The summed E-state index contributed by atoms with van der Waals surface area (Å²) >= 11 is 0. The zero-order chi connectivity index (χ0) is 37.6. The molecule has 0 bridgehead atoms. The third-order valence-corrected chi connectivity index (χ3v) is 13.5. The molecule has 14 rings (SSSR count). The molecule has 0 nitrogen and oxygen atoms in total. The molecular formula is C58H32. The predicted octanol–water partition coefficient (Wildman–Crippen LogP) is 16.3. The first-order valence-electron chi connectivity index (χ1n) is 20.4. The molecular weight excluding hydrogens is 697 g/mol. The summed E-state index contributed by atoms with van der Waals surface area (Å²) in [5.41, 5.74) is 18.4. The van der Waals surface area contributed by atoms with Gasteiger partial charge in [-0.3, -0.25) is 0 Å². The number of rotatable bonds is 3. The summed E-state index contributed by atoms with van der Waals surface area (Å²) < 4.78 is 0. The molecule has 12 aromatic carbocycles. The summed E-state index contributed by atoms with van der Waals surface area (Å²) in [4.78, 5) is 0. The lowest BCUT2D eigenvalue weighted by Crippen LogP contribution is -1.91. The highest BCUT2D eigenvalue weighted by Crippen LogP contribution is 2.60. The third-order valence-electron chi connectivity index (χ3n) is 13.5. The van der Waals surface area contributed by atoms with Crippen molar-refractivity contribution in [1.29, 1.82) is 0 Å². The third kappa shape index (κ3) is 3.80. The van der Waals surface area contributed by atoms with Gasteiger partial charge in [-0.1, -0.05) is 182 Å². The maximum atomic E-state index is 2.44. The van der Waals surface area contributed by atoms with Gasteiger partial charge in [-0.2, -0.15) is 0 Å². The van der Waals surface area contributed by atoms with Gasteiger partial charge in [0.2, 0.25) is 0 Å². The van der Waals surface area contributed by atoms with Crippen LogP contribution in [0.1, 0.15) is 0 Å². The second kappa shape index (κ2) is 11.1. The van der Waals surface area contributed by atoms with Gasteiger partial charge in [-0.05, 0) is 155 Å². The first-order valence-corrected chi connectivity index (χ1v) is 20.4. The van der Waals surface area contributed by atoms with Gasteiger partial charge >= 0.3 is 0 Å². The SMILES string of the molecule is c1ccc(-c2ccccc2-c2c3c(cc4ccccc24)-c2ccc4c5ccc6c7c(ccc(c8ccc-3c2c48)c75)-c2cc3ccccc3c(-c3ccccc3)c2-6)cc1. The van der Waals surface area contributed by atoms with Crippen LogP contribution >= 0.6 is 0 Å². The summed E-state index contributed by atoms with van der Waals surface area (Å²) in [7, 11) is 0. The average molecular weight is 729 g/mol. The Balaban J connectivity index is 1.08. The van der Waals surface area contributed by atoms with Crippen molar-refractivity contribution >= 4 is 64.6 Å². The molecule has 0 aromatic heterocycles. The van der Waals surface area contributed by atoms with Gasteiger partial charge in [0.1, 0.15) is 0 Å². The number of fused-ring (bicyclic) bond motifs is 10. The van der Waals surface area contributed by atoms with Crippen LogP contribution in [0.25, 0.3) is 143 Å². The molecule has 0 spiro atoms. The molecule has 2 aliphatic carbocycles. The minimum absolute atomic E-state index is 1.24. The summed E-state index contributed by atoms with van der Waals surface area (Å²) in [6.07, 6.45) is 0. The van der Waals surface area contributed by atoms with Gasteiger partial charge < -0.3 is 0 Å². The van der Waals surface area contributed by atoms with Crippen LogP contribution < -0.4 is 0 Å². The molecule has 0 amide bonds. The number of hydrogen-bond donors (Lipinski definition) is 0. The van der Waals surface area contributed by atoms with Crippen LogP contribution in [0.2, 0.25) is 0 Å². The molecule has 58 heavy (non-hydrogen) atoms. The van der Waals surface area contributed by atoms with Crippen molar-refractivity contribution in [2.24, 2.45) is 0 Å². The largest absolute Gasteiger partial charge is 0.0622 e. The molecule has 0 atom stereocenters. The van der Waals surface area contributed by atoms with Gasteiger partial charge in [-0.15, -0.1) is 0 Å². The van der Waals surface area contributed by atoms with Crippen molar-refractivity contribution in [3.8, 4) is 77.9 Å². The van der Waals surface area contributed by atoms with Crippen LogP contribution in [0.5, 0.6) is 0 Å². The fourth-order valence-corrected chi connectivity index (χ4v) is 11.2. The van der Waals surface area contributed by atoms with Crippen LogP contribution in [0.3, 0.4) is 0 Å². The van der Waals surface area contributed by atoms with E-state index in [0.29, 0.717) is 0 Å². The Morgan fingerprint density at radius 1 is 0.190 bits per heavy atom. The molecule has 264 valence electrons. The Labute approximate surface area is 335 Å². The highest BCUT2D eigenvalue weighted by molar-refractivity contribution is 6.41. The summed E-state index contributed by atoms with van der Waals surface area (Å²) in [5.74, 6) is 0. The Hall–Kier alpha value is -7.54. The topological polar surface area (TPSA) is 0 Å². The Bertz CT molecular complexity index is 3740. The highest BCUT2D eigenvalue weighted by atomic mass is 14.3. The molecule has 0 N–H and O–H groups in total. The lowest BCUT2D eigenvalue weighted by molar-refractivity contribution is 1.60. The van der Waals surface area contributed by atoms with Gasteiger partial charge in [-0.25, -0.2) is 0 Å². The Morgan fingerprint density at radius 3 is 1.16 bits per heavy atom. The fourth-order valence-electron chi connectivity index (χ4n) is 11.2. The highest BCUT2D eigenvalue weighted by Gasteiger charge is 2.32. The van der Waals surface area contributed by atoms with E-state index in [1.807, 2.05) is 0 Å². The van der Waals surface area contributed by atoms with Gasteiger partial charge in [0, 0.05) is 0 Å². The van der Waals surface area contributed by atoms with E-state index in [1.54, 1.807) is 0 Å². The van der Waals surface area contributed by atoms with Crippen molar-refractivity contribution in [3.05, 3.63) is 194 Å². The Kier molecular flexibility index (Phi) is 5.85. The molecule has 2 aliphatic rings. The van der Waals surface area contributed by atoms with Gasteiger partial charge in [0.25, 0.3) is 0 Å². The van der Waals surface area contributed by atoms with E-state index >= 15 is 0 Å². The second-order valence-electron chi connectivity index (χ2n) is 16.2. The minimum Gasteiger partial charge on any atom is -0.0622 e. The fraction of sp³-hybridized carbons (Fsp3) is 0. The second-order valence-corrected chi connectivity index (χ2v) is 16.2. The zero-order valence-corrected chi connectivity index (χ0v) is 31.5. The summed E-state index contributed by atoms with van der Waals surface area (Å²) in [5, 5.41) is 16.0. The number of hydrogen-bond acceptors (Lipinski definition) is 0. The molecule has 0 fully saturated rings. The van der Waals surface area contributed by atoms with Crippen molar-refractivity contribution in [1.82, 2.24) is 0 Å².